The zero-order valence-electron chi connectivity index (χ0n) is 12.7. The highest BCUT2D eigenvalue weighted by atomic mass is 79.9. The molecule has 3 nitrogen and oxygen atoms in total. The molecule has 118 valence electrons. The summed E-state index contributed by atoms with van der Waals surface area (Å²) in [4.78, 5) is 4.08. The number of hydrogen-bond donors (Lipinski definition) is 1. The highest BCUT2D eigenvalue weighted by molar-refractivity contribution is 9.10. The molecule has 3 rings (SSSR count). The van der Waals surface area contributed by atoms with Crippen molar-refractivity contribution in [2.75, 3.05) is 6.61 Å². The quantitative estimate of drug-likeness (QED) is 0.699. The van der Waals surface area contributed by atoms with Crippen LogP contribution >= 0.6 is 15.9 Å². The third-order valence-electron chi connectivity index (χ3n) is 3.71. The maximum atomic E-state index is 10.1. The van der Waals surface area contributed by atoms with E-state index in [0.29, 0.717) is 13.0 Å². The maximum absolute atomic E-state index is 10.1. The minimum Gasteiger partial charge on any atom is -0.491 e. The van der Waals surface area contributed by atoms with E-state index in [4.69, 9.17) is 4.74 Å². The summed E-state index contributed by atoms with van der Waals surface area (Å²) in [7, 11) is 0. The second-order valence-electron chi connectivity index (χ2n) is 5.52. The Hall–Kier alpha value is -1.91. The molecule has 3 aromatic rings. The Bertz CT molecular complexity index is 777. The van der Waals surface area contributed by atoms with Gasteiger partial charge in [0, 0.05) is 16.9 Å². The molecular weight excluding hydrogens is 354 g/mol. The van der Waals surface area contributed by atoms with Gasteiger partial charge in [0.25, 0.3) is 0 Å². The first-order valence-electron chi connectivity index (χ1n) is 7.60. The summed E-state index contributed by atoms with van der Waals surface area (Å²) in [6.07, 6.45) is 4.54. The highest BCUT2D eigenvalue weighted by Crippen LogP contribution is 2.24. The van der Waals surface area contributed by atoms with Crippen LogP contribution in [0.3, 0.4) is 0 Å². The molecule has 0 aliphatic carbocycles. The topological polar surface area (TPSA) is 42.4 Å². The molecule has 1 atom stereocenters. The van der Waals surface area contributed by atoms with Crippen molar-refractivity contribution in [3.8, 4) is 5.75 Å². The maximum Gasteiger partial charge on any atom is 0.120 e. The lowest BCUT2D eigenvalue weighted by Gasteiger charge is -2.13. The molecule has 4 heteroatoms. The fourth-order valence-corrected chi connectivity index (χ4v) is 2.82. The van der Waals surface area contributed by atoms with Crippen molar-refractivity contribution in [2.45, 2.75) is 18.9 Å². The van der Waals surface area contributed by atoms with Crippen LogP contribution in [-0.4, -0.2) is 22.8 Å². The van der Waals surface area contributed by atoms with E-state index >= 15 is 0 Å². The molecule has 0 saturated carbocycles. The van der Waals surface area contributed by atoms with E-state index in [1.807, 2.05) is 48.7 Å². The molecule has 0 saturated heterocycles. The number of ether oxygens (including phenoxy) is 1. The van der Waals surface area contributed by atoms with Gasteiger partial charge < -0.3 is 9.84 Å². The fraction of sp³-hybridized carbons (Fsp3) is 0.211. The number of nitrogens with zero attached hydrogens (tertiary/aromatic N) is 1. The summed E-state index contributed by atoms with van der Waals surface area (Å²) < 4.78 is 6.78. The van der Waals surface area contributed by atoms with Crippen molar-refractivity contribution >= 4 is 26.7 Å². The van der Waals surface area contributed by atoms with Gasteiger partial charge in [-0.15, -0.1) is 0 Å². The van der Waals surface area contributed by atoms with Crippen LogP contribution in [0.2, 0.25) is 0 Å². The van der Waals surface area contributed by atoms with E-state index in [1.165, 1.54) is 0 Å². The van der Waals surface area contributed by atoms with E-state index < -0.39 is 6.10 Å². The van der Waals surface area contributed by atoms with Crippen LogP contribution in [0.25, 0.3) is 10.8 Å². The lowest BCUT2D eigenvalue weighted by atomic mass is 10.1. The Kier molecular flexibility index (Phi) is 5.26. The number of fused-ring (bicyclic) bond motifs is 1. The first-order chi connectivity index (χ1) is 11.2. The molecule has 1 heterocycles. The van der Waals surface area contributed by atoms with Crippen molar-refractivity contribution in [3.05, 3.63) is 71.0 Å². The molecule has 1 aromatic heterocycles. The van der Waals surface area contributed by atoms with Gasteiger partial charge in [0.2, 0.25) is 0 Å². The molecule has 0 bridgehead atoms. The second-order valence-corrected chi connectivity index (χ2v) is 6.43. The predicted molar refractivity (Wildman–Crippen MR) is 95.7 cm³/mol. The summed E-state index contributed by atoms with van der Waals surface area (Å²) in [6.45, 7) is 0.294. The van der Waals surface area contributed by atoms with Gasteiger partial charge in [-0.3, -0.25) is 4.98 Å². The molecular formula is C19H18BrNO2. The minimum atomic E-state index is -0.490. The fourth-order valence-electron chi connectivity index (χ4n) is 2.44. The largest absolute Gasteiger partial charge is 0.491 e. The zero-order valence-corrected chi connectivity index (χ0v) is 14.2. The smallest absolute Gasteiger partial charge is 0.120 e. The summed E-state index contributed by atoms with van der Waals surface area (Å²) in [5.41, 5.74) is 1.13. The molecule has 23 heavy (non-hydrogen) atoms. The van der Waals surface area contributed by atoms with Gasteiger partial charge in [-0.1, -0.05) is 34.1 Å². The molecule has 0 radical (unpaired) electrons. The first kappa shape index (κ1) is 16.0. The molecule has 1 unspecified atom stereocenters. The van der Waals surface area contributed by atoms with Crippen LogP contribution in [0.15, 0.2) is 65.4 Å². The predicted octanol–water partition coefficient (Wildman–Crippen LogP) is 4.37. The number of benzene rings is 2. The SMILES string of the molecule is OC(CCc1cccnc1)COc1ccc2cc(Br)ccc2c1. The van der Waals surface area contributed by atoms with Gasteiger partial charge in [-0.2, -0.15) is 0 Å². The number of halogens is 1. The number of aryl methyl sites for hydroxylation is 1. The van der Waals surface area contributed by atoms with Gasteiger partial charge in [0.15, 0.2) is 0 Å². The zero-order chi connectivity index (χ0) is 16.1. The van der Waals surface area contributed by atoms with Crippen LogP contribution in [0.5, 0.6) is 5.75 Å². The average molecular weight is 372 g/mol. The van der Waals surface area contributed by atoms with Gasteiger partial charge >= 0.3 is 0 Å². The first-order valence-corrected chi connectivity index (χ1v) is 8.39. The van der Waals surface area contributed by atoms with E-state index in [1.54, 1.807) is 6.20 Å². The molecule has 2 aromatic carbocycles. The standard InChI is InChI=1S/C19H18BrNO2/c20-17-6-4-16-11-19(8-5-15(16)10-17)23-13-18(22)7-3-14-2-1-9-21-12-14/h1-2,4-6,8-12,18,22H,3,7,13H2. The summed E-state index contributed by atoms with van der Waals surface area (Å²) in [6, 6.07) is 16.0. The normalized spacial score (nSPS) is 12.3. The third kappa shape index (κ3) is 4.53. The van der Waals surface area contributed by atoms with E-state index in [9.17, 15) is 5.11 Å². The molecule has 0 aliphatic rings. The number of pyridine rings is 1. The number of aliphatic hydroxyl groups is 1. The highest BCUT2D eigenvalue weighted by Gasteiger charge is 2.07. The summed E-state index contributed by atoms with van der Waals surface area (Å²) in [5, 5.41) is 12.3. The molecule has 0 spiro atoms. The number of aromatic nitrogens is 1. The lowest BCUT2D eigenvalue weighted by Crippen LogP contribution is -2.18. The summed E-state index contributed by atoms with van der Waals surface area (Å²) >= 11 is 3.47. The molecule has 0 aliphatic heterocycles. The average Bonchev–Trinajstić information content (AvgIpc) is 2.59. The number of rotatable bonds is 6. The van der Waals surface area contributed by atoms with Crippen molar-refractivity contribution in [3.63, 3.8) is 0 Å². The lowest BCUT2D eigenvalue weighted by molar-refractivity contribution is 0.100. The van der Waals surface area contributed by atoms with Crippen molar-refractivity contribution < 1.29 is 9.84 Å². The summed E-state index contributed by atoms with van der Waals surface area (Å²) in [5.74, 6) is 0.778. The Labute approximate surface area is 144 Å². The number of aliphatic hydroxyl groups excluding tert-OH is 1. The van der Waals surface area contributed by atoms with Gasteiger partial charge in [0.1, 0.15) is 12.4 Å². The third-order valence-corrected chi connectivity index (χ3v) is 4.20. The number of hydrogen-bond acceptors (Lipinski definition) is 3. The molecule has 0 amide bonds. The van der Waals surface area contributed by atoms with Crippen LogP contribution in [0, 0.1) is 0 Å². The minimum absolute atomic E-state index is 0.294. The van der Waals surface area contributed by atoms with Gasteiger partial charge in [0.05, 0.1) is 6.10 Å². The van der Waals surface area contributed by atoms with Crippen LogP contribution < -0.4 is 4.74 Å². The van der Waals surface area contributed by atoms with E-state index in [0.717, 1.165) is 33.0 Å². The monoisotopic (exact) mass is 371 g/mol. The molecule has 1 N–H and O–H groups in total. The van der Waals surface area contributed by atoms with Crippen molar-refractivity contribution in [1.29, 1.82) is 0 Å². The van der Waals surface area contributed by atoms with E-state index in [2.05, 4.69) is 27.0 Å². The Morgan fingerprint density at radius 3 is 2.74 bits per heavy atom. The van der Waals surface area contributed by atoms with Crippen LogP contribution in [0.4, 0.5) is 0 Å². The van der Waals surface area contributed by atoms with Gasteiger partial charge in [-0.25, -0.2) is 0 Å². The van der Waals surface area contributed by atoms with Crippen molar-refractivity contribution in [2.24, 2.45) is 0 Å². The molecule has 0 fully saturated rings. The Morgan fingerprint density at radius 1 is 1.09 bits per heavy atom. The van der Waals surface area contributed by atoms with Crippen LogP contribution in [-0.2, 0) is 6.42 Å². The van der Waals surface area contributed by atoms with Crippen LogP contribution in [0.1, 0.15) is 12.0 Å². The Balaban J connectivity index is 1.54. The Morgan fingerprint density at radius 2 is 1.91 bits per heavy atom. The van der Waals surface area contributed by atoms with E-state index in [-0.39, 0.29) is 0 Å². The second kappa shape index (κ2) is 7.57. The van der Waals surface area contributed by atoms with Crippen molar-refractivity contribution in [1.82, 2.24) is 4.98 Å². The van der Waals surface area contributed by atoms with Gasteiger partial charge in [-0.05, 0) is 59.5 Å².